The molecule has 1 rings (SSSR count). The van der Waals surface area contributed by atoms with Gasteiger partial charge in [-0.05, 0) is 66.8 Å². The van der Waals surface area contributed by atoms with Crippen LogP contribution in [-0.4, -0.2) is 70.0 Å². The van der Waals surface area contributed by atoms with Crippen molar-refractivity contribution in [3.05, 3.63) is 11.3 Å². The molecule has 1 aliphatic heterocycles. The summed E-state index contributed by atoms with van der Waals surface area (Å²) in [4.78, 5) is 2.46. The SMILES string of the molecule is C/C(=C(\C#N)C(N)=S)N1CCCCCCC1.C=N.C=N.C=N.C=N.C=N.C=N.C=N. The van der Waals surface area contributed by atoms with Crippen molar-refractivity contribution in [3.63, 3.8) is 0 Å². The molecule has 0 unspecified atom stereocenters. The average molecular weight is 441 g/mol. The highest BCUT2D eigenvalue weighted by molar-refractivity contribution is 7.80. The van der Waals surface area contributed by atoms with E-state index in [4.69, 9.17) is 61.1 Å². The van der Waals surface area contributed by atoms with Gasteiger partial charge in [-0.3, -0.25) is 0 Å². The van der Waals surface area contributed by atoms with Gasteiger partial charge in [-0.15, -0.1) is 0 Å². The zero-order chi connectivity index (χ0) is 26.0. The summed E-state index contributed by atoms with van der Waals surface area (Å²) in [6, 6.07) is 2.11. The maximum atomic E-state index is 9.02. The van der Waals surface area contributed by atoms with Gasteiger partial charge in [0.25, 0.3) is 0 Å². The van der Waals surface area contributed by atoms with E-state index in [1.807, 2.05) is 6.92 Å². The predicted molar refractivity (Wildman–Crippen MR) is 139 cm³/mol. The summed E-state index contributed by atoms with van der Waals surface area (Å²) in [6.07, 6.45) is 6.26. The van der Waals surface area contributed by atoms with E-state index in [0.29, 0.717) is 5.57 Å². The second-order valence-corrected chi connectivity index (χ2v) is 4.63. The van der Waals surface area contributed by atoms with Crippen LogP contribution in [0.25, 0.3) is 0 Å². The van der Waals surface area contributed by atoms with E-state index in [1.54, 1.807) is 0 Å². The summed E-state index contributed by atoms with van der Waals surface area (Å²) >= 11 is 4.89. The summed E-state index contributed by atoms with van der Waals surface area (Å²) in [5.74, 6) is 0. The van der Waals surface area contributed by atoms with Gasteiger partial charge in [0.2, 0.25) is 0 Å². The Morgan fingerprint density at radius 2 is 1.00 bits per heavy atom. The van der Waals surface area contributed by atoms with Crippen LogP contribution in [-0.2, 0) is 0 Å². The minimum absolute atomic E-state index is 0.210. The molecule has 0 atom stereocenters. The minimum Gasteiger partial charge on any atom is -0.389 e. The molecule has 172 valence electrons. The zero-order valence-corrected chi connectivity index (χ0v) is 19.1. The molecule has 9 N–H and O–H groups in total. The van der Waals surface area contributed by atoms with Gasteiger partial charge < -0.3 is 48.5 Å². The standard InChI is InChI=1S/C12H19N3S.7CH3N/c1-10(11(9-13)12(14)16)15-7-5-3-2-4-6-8-15;7*1-2/h2-8H2,1H3,(H2,14,16);7*2H,1H2/b11-10-;;;;;;;. The summed E-state index contributed by atoms with van der Waals surface area (Å²) in [5.41, 5.74) is 6.96. The Labute approximate surface area is 187 Å². The van der Waals surface area contributed by atoms with Crippen LogP contribution in [0.3, 0.4) is 0 Å². The highest BCUT2D eigenvalue weighted by atomic mass is 32.1. The van der Waals surface area contributed by atoms with E-state index in [2.05, 4.69) is 58.0 Å². The first-order chi connectivity index (χ1) is 14.7. The molecule has 10 nitrogen and oxygen atoms in total. The molecule has 0 aromatic carbocycles. The number of allylic oxidation sites excluding steroid dienone is 1. The Balaban J connectivity index is -0.0000000641. The van der Waals surface area contributed by atoms with Crippen molar-refractivity contribution in [2.75, 3.05) is 13.1 Å². The van der Waals surface area contributed by atoms with E-state index >= 15 is 0 Å². The average Bonchev–Trinajstić information content (AvgIpc) is 2.83. The van der Waals surface area contributed by atoms with Crippen molar-refractivity contribution in [2.45, 2.75) is 39.0 Å². The summed E-state index contributed by atoms with van der Waals surface area (Å²) < 4.78 is 0. The second kappa shape index (κ2) is 56.2. The van der Waals surface area contributed by atoms with Crippen LogP contribution >= 0.6 is 12.2 Å². The van der Waals surface area contributed by atoms with Gasteiger partial charge in [0, 0.05) is 18.8 Å². The van der Waals surface area contributed by atoms with Gasteiger partial charge in [-0.2, -0.15) is 5.26 Å². The second-order valence-electron chi connectivity index (χ2n) is 4.19. The molecular formula is C19H40N10S. The van der Waals surface area contributed by atoms with E-state index in [9.17, 15) is 0 Å². The topological polar surface area (TPSA) is 220 Å². The fourth-order valence-corrected chi connectivity index (χ4v) is 2.25. The number of likely N-dealkylation sites (tertiary alicyclic amines) is 1. The highest BCUT2D eigenvalue weighted by Gasteiger charge is 2.13. The molecule has 0 spiro atoms. The molecular weight excluding hydrogens is 400 g/mol. The fourth-order valence-electron chi connectivity index (χ4n) is 2.06. The molecule has 1 fully saturated rings. The number of thiocarbonyl (C=S) groups is 1. The van der Waals surface area contributed by atoms with Crippen molar-refractivity contribution < 1.29 is 0 Å². The third-order valence-corrected chi connectivity index (χ3v) is 3.25. The van der Waals surface area contributed by atoms with Gasteiger partial charge in [0.05, 0.1) is 0 Å². The molecule has 0 aliphatic carbocycles. The van der Waals surface area contributed by atoms with Crippen molar-refractivity contribution in [1.29, 1.82) is 43.1 Å². The molecule has 0 aromatic rings. The van der Waals surface area contributed by atoms with Crippen LogP contribution < -0.4 is 5.73 Å². The Hall–Kier alpha value is -3.39. The lowest BCUT2D eigenvalue weighted by molar-refractivity contribution is 0.305. The number of nitrogens with one attached hydrogen (secondary N) is 7. The number of hydrogen-bond donors (Lipinski definition) is 8. The van der Waals surface area contributed by atoms with Crippen molar-refractivity contribution >= 4 is 64.2 Å². The summed E-state index contributed by atoms with van der Waals surface area (Å²) in [6.45, 7) is 21.5. The Morgan fingerprint density at radius 1 is 0.733 bits per heavy atom. The molecule has 0 saturated carbocycles. The van der Waals surface area contributed by atoms with Gasteiger partial charge in [0.1, 0.15) is 16.6 Å². The molecule has 0 radical (unpaired) electrons. The van der Waals surface area contributed by atoms with Crippen LogP contribution in [0.2, 0.25) is 0 Å². The number of hydrogen-bond acceptors (Lipinski definition) is 10. The first kappa shape index (κ1) is 45.4. The molecule has 1 heterocycles. The minimum atomic E-state index is 0.210. The van der Waals surface area contributed by atoms with Crippen LogP contribution in [0.15, 0.2) is 11.3 Å². The zero-order valence-electron chi connectivity index (χ0n) is 18.3. The number of nitriles is 1. The van der Waals surface area contributed by atoms with E-state index < -0.39 is 0 Å². The Bertz CT molecular complexity index is 410. The third kappa shape index (κ3) is 32.3. The molecule has 0 amide bonds. The molecule has 30 heavy (non-hydrogen) atoms. The Kier molecular flexibility index (Phi) is 85.1. The first-order valence-electron chi connectivity index (χ1n) is 8.30. The van der Waals surface area contributed by atoms with Crippen LogP contribution in [0.1, 0.15) is 39.0 Å². The lowest BCUT2D eigenvalue weighted by Gasteiger charge is -2.28. The summed E-state index contributed by atoms with van der Waals surface area (Å²) in [7, 11) is 0. The van der Waals surface area contributed by atoms with Crippen LogP contribution in [0.5, 0.6) is 0 Å². The highest BCUT2D eigenvalue weighted by Crippen LogP contribution is 2.17. The van der Waals surface area contributed by atoms with Crippen LogP contribution in [0.4, 0.5) is 0 Å². The van der Waals surface area contributed by atoms with Crippen molar-refractivity contribution in [1.82, 2.24) is 4.90 Å². The molecule has 1 saturated heterocycles. The molecule has 0 aromatic heterocycles. The number of rotatable bonds is 2. The predicted octanol–water partition coefficient (Wildman–Crippen LogP) is 4.20. The monoisotopic (exact) mass is 440 g/mol. The van der Waals surface area contributed by atoms with Gasteiger partial charge in [-0.1, -0.05) is 31.5 Å². The summed E-state index contributed by atoms with van der Waals surface area (Å²) in [5, 5.41) is 47.5. The van der Waals surface area contributed by atoms with E-state index in [-0.39, 0.29) is 4.99 Å². The first-order valence-corrected chi connectivity index (χ1v) is 8.71. The maximum absolute atomic E-state index is 9.02. The smallest absolute Gasteiger partial charge is 0.116 e. The molecule has 0 bridgehead atoms. The molecule has 11 heteroatoms. The van der Waals surface area contributed by atoms with Crippen molar-refractivity contribution in [2.24, 2.45) is 5.73 Å². The van der Waals surface area contributed by atoms with Gasteiger partial charge >= 0.3 is 0 Å². The lowest BCUT2D eigenvalue weighted by Crippen LogP contribution is -2.28. The number of nitrogens with two attached hydrogens (primary N) is 1. The van der Waals surface area contributed by atoms with Gasteiger partial charge in [0.15, 0.2) is 0 Å². The van der Waals surface area contributed by atoms with Crippen LogP contribution in [0, 0.1) is 49.2 Å². The van der Waals surface area contributed by atoms with Crippen molar-refractivity contribution in [3.8, 4) is 6.07 Å². The normalized spacial score (nSPS) is 11.1. The fraction of sp³-hybridized carbons (Fsp3) is 0.421. The van der Waals surface area contributed by atoms with Gasteiger partial charge in [-0.25, -0.2) is 0 Å². The lowest BCUT2D eigenvalue weighted by atomic mass is 10.1. The number of nitrogens with zero attached hydrogens (tertiary/aromatic N) is 2. The third-order valence-electron chi connectivity index (χ3n) is 3.05. The molecule has 1 aliphatic rings. The largest absolute Gasteiger partial charge is 0.389 e. The van der Waals surface area contributed by atoms with E-state index in [0.717, 1.165) is 18.8 Å². The Morgan fingerprint density at radius 3 is 1.23 bits per heavy atom. The van der Waals surface area contributed by atoms with E-state index in [1.165, 1.54) is 32.1 Å². The quantitative estimate of drug-likeness (QED) is 0.137. The maximum Gasteiger partial charge on any atom is 0.116 e.